The minimum absolute atomic E-state index is 0.0200. The van der Waals surface area contributed by atoms with Crippen LogP contribution in [-0.2, 0) is 15.4 Å². The molecule has 0 aliphatic carbocycles. The topological polar surface area (TPSA) is 116 Å². The van der Waals surface area contributed by atoms with E-state index in [2.05, 4.69) is 30.5 Å². The number of aromatic nitrogens is 1. The van der Waals surface area contributed by atoms with E-state index in [1.54, 1.807) is 66.7 Å². The Kier molecular flexibility index (Phi) is 6.02. The number of anilines is 1. The Bertz CT molecular complexity index is 1540. The van der Waals surface area contributed by atoms with Crippen LogP contribution in [0, 0.1) is 0 Å². The molecule has 8 heteroatoms. The van der Waals surface area contributed by atoms with Crippen molar-refractivity contribution in [3.05, 3.63) is 83.6 Å². The number of aromatic carboxylic acids is 1. The predicted octanol–water partition coefficient (Wildman–Crippen LogP) is 5.83. The van der Waals surface area contributed by atoms with E-state index in [0.717, 1.165) is 5.56 Å². The molecule has 35 heavy (non-hydrogen) atoms. The molecule has 4 aromatic rings. The lowest BCUT2D eigenvalue weighted by molar-refractivity contribution is 0.0692. The zero-order chi connectivity index (χ0) is 25.5. The second-order valence-corrected chi connectivity index (χ2v) is 11.1. The average Bonchev–Trinajstić information content (AvgIpc) is 3.17. The molecule has 0 radical (unpaired) electrons. The predicted molar refractivity (Wildman–Crippen MR) is 137 cm³/mol. The van der Waals surface area contributed by atoms with Crippen molar-refractivity contribution in [3.63, 3.8) is 0 Å². The number of benzene rings is 3. The number of ketones is 1. The summed E-state index contributed by atoms with van der Waals surface area (Å²) in [5.74, 6) is -1.24. The lowest BCUT2D eigenvalue weighted by Crippen LogP contribution is -2.14. The van der Waals surface area contributed by atoms with Crippen molar-refractivity contribution < 1.29 is 23.1 Å². The van der Waals surface area contributed by atoms with Gasteiger partial charge in [0.1, 0.15) is 5.69 Å². The molecule has 0 amide bonds. The summed E-state index contributed by atoms with van der Waals surface area (Å²) >= 11 is 0. The molecule has 0 spiro atoms. The molecule has 0 bridgehead atoms. The van der Waals surface area contributed by atoms with Gasteiger partial charge in [-0.15, -0.1) is 0 Å². The molecular weight excluding hydrogens is 464 g/mol. The number of hydrogen-bond acceptors (Lipinski definition) is 4. The maximum absolute atomic E-state index is 13.0. The van der Waals surface area contributed by atoms with Crippen LogP contribution in [0.15, 0.2) is 71.6 Å². The Labute approximate surface area is 203 Å². The summed E-state index contributed by atoms with van der Waals surface area (Å²) in [6, 6.07) is 18.2. The zero-order valence-electron chi connectivity index (χ0n) is 19.8. The number of carbonyl (C=O) groups is 2. The third-order valence-corrected chi connectivity index (χ3v) is 7.27. The van der Waals surface area contributed by atoms with Crippen LogP contribution in [0.4, 0.5) is 5.69 Å². The lowest BCUT2D eigenvalue weighted by Gasteiger charge is -2.19. The van der Waals surface area contributed by atoms with Gasteiger partial charge >= 0.3 is 5.97 Å². The number of sulfonamides is 1. The summed E-state index contributed by atoms with van der Waals surface area (Å²) in [7, 11) is -3.86. The first kappa shape index (κ1) is 24.2. The number of nitrogens with one attached hydrogen (secondary N) is 2. The van der Waals surface area contributed by atoms with Crippen molar-refractivity contribution in [3.8, 4) is 11.1 Å². The highest BCUT2D eigenvalue weighted by atomic mass is 32.2. The first-order valence-corrected chi connectivity index (χ1v) is 12.5. The van der Waals surface area contributed by atoms with Gasteiger partial charge in [-0.05, 0) is 53.8 Å². The fourth-order valence-electron chi connectivity index (χ4n) is 3.94. The maximum Gasteiger partial charge on any atom is 0.352 e. The Morgan fingerprint density at radius 2 is 1.54 bits per heavy atom. The molecule has 180 valence electrons. The van der Waals surface area contributed by atoms with Crippen LogP contribution in [0.1, 0.15) is 54.1 Å². The molecule has 0 saturated carbocycles. The van der Waals surface area contributed by atoms with Gasteiger partial charge < -0.3 is 10.1 Å². The van der Waals surface area contributed by atoms with Gasteiger partial charge in [-0.1, -0.05) is 57.2 Å². The highest BCUT2D eigenvalue weighted by molar-refractivity contribution is 7.92. The van der Waals surface area contributed by atoms with Crippen LogP contribution >= 0.6 is 0 Å². The number of carboxylic acids is 1. The molecule has 0 fully saturated rings. The number of aromatic amines is 1. The Balaban J connectivity index is 1.75. The van der Waals surface area contributed by atoms with Crippen LogP contribution in [0.2, 0.25) is 0 Å². The van der Waals surface area contributed by atoms with Crippen molar-refractivity contribution in [2.45, 2.75) is 38.0 Å². The first-order valence-electron chi connectivity index (χ1n) is 11.0. The smallest absolute Gasteiger partial charge is 0.352 e. The molecule has 7 nitrogen and oxygen atoms in total. The molecule has 1 heterocycles. The van der Waals surface area contributed by atoms with E-state index < -0.39 is 16.0 Å². The highest BCUT2D eigenvalue weighted by Gasteiger charge is 2.21. The van der Waals surface area contributed by atoms with Gasteiger partial charge in [0.05, 0.1) is 4.90 Å². The number of H-pyrrole nitrogens is 1. The van der Waals surface area contributed by atoms with Crippen molar-refractivity contribution >= 4 is 38.4 Å². The van der Waals surface area contributed by atoms with Crippen LogP contribution in [-0.4, -0.2) is 30.3 Å². The fourth-order valence-corrected chi connectivity index (χ4v) is 4.98. The van der Waals surface area contributed by atoms with Crippen molar-refractivity contribution in [1.82, 2.24) is 4.98 Å². The van der Waals surface area contributed by atoms with E-state index in [1.165, 1.54) is 6.92 Å². The van der Waals surface area contributed by atoms with E-state index in [-0.39, 0.29) is 21.8 Å². The standard InChI is InChI=1S/C27H26N2O5S/c1-16(30)17-5-7-18(8-6-17)24-22-15-20(11-14-23(22)28-25(24)26(31)32)29-35(33,34)21-12-9-19(10-13-21)27(2,3)4/h5-15,28-29H,1-4H3,(H,31,32). The largest absolute Gasteiger partial charge is 0.477 e. The van der Waals surface area contributed by atoms with Gasteiger partial charge in [0, 0.05) is 27.7 Å². The van der Waals surface area contributed by atoms with Crippen LogP contribution in [0.25, 0.3) is 22.0 Å². The second kappa shape index (κ2) is 8.70. The lowest BCUT2D eigenvalue weighted by atomic mass is 9.87. The summed E-state index contributed by atoms with van der Waals surface area (Å²) in [6.07, 6.45) is 0. The van der Waals surface area contributed by atoms with Crippen molar-refractivity contribution in [2.24, 2.45) is 0 Å². The SMILES string of the molecule is CC(=O)c1ccc(-c2c(C(=O)O)[nH]c3ccc(NS(=O)(=O)c4ccc(C(C)(C)C)cc4)cc23)cc1. The Morgan fingerprint density at radius 1 is 0.914 bits per heavy atom. The molecule has 3 aromatic carbocycles. The molecule has 0 aliphatic rings. The Morgan fingerprint density at radius 3 is 2.09 bits per heavy atom. The van der Waals surface area contributed by atoms with E-state index in [0.29, 0.717) is 33.3 Å². The van der Waals surface area contributed by atoms with Gasteiger partial charge in [0.2, 0.25) is 0 Å². The third kappa shape index (κ3) is 4.83. The maximum atomic E-state index is 13.0. The summed E-state index contributed by atoms with van der Waals surface area (Å²) in [5.41, 5.74) is 3.27. The molecule has 0 aliphatic heterocycles. The molecule has 3 N–H and O–H groups in total. The van der Waals surface area contributed by atoms with Crippen molar-refractivity contribution in [1.29, 1.82) is 0 Å². The molecule has 4 rings (SSSR count). The van der Waals surface area contributed by atoms with Crippen LogP contribution in [0.5, 0.6) is 0 Å². The monoisotopic (exact) mass is 490 g/mol. The van der Waals surface area contributed by atoms with Gasteiger partial charge in [-0.2, -0.15) is 0 Å². The number of carbonyl (C=O) groups excluding carboxylic acids is 1. The highest BCUT2D eigenvalue weighted by Crippen LogP contribution is 2.35. The molecule has 1 aromatic heterocycles. The zero-order valence-corrected chi connectivity index (χ0v) is 20.7. The van der Waals surface area contributed by atoms with E-state index >= 15 is 0 Å². The normalized spacial score (nSPS) is 12.0. The molecule has 0 saturated heterocycles. The van der Waals surface area contributed by atoms with E-state index in [9.17, 15) is 23.1 Å². The van der Waals surface area contributed by atoms with Gasteiger partial charge in [0.25, 0.3) is 10.0 Å². The van der Waals surface area contributed by atoms with Gasteiger partial charge in [-0.3, -0.25) is 9.52 Å². The number of rotatable bonds is 6. The number of hydrogen-bond donors (Lipinski definition) is 3. The van der Waals surface area contributed by atoms with Gasteiger partial charge in [0.15, 0.2) is 5.78 Å². The Hall–Kier alpha value is -3.91. The van der Waals surface area contributed by atoms with Crippen LogP contribution in [0.3, 0.4) is 0 Å². The summed E-state index contributed by atoms with van der Waals surface area (Å²) < 4.78 is 28.6. The summed E-state index contributed by atoms with van der Waals surface area (Å²) in [4.78, 5) is 26.6. The molecule has 0 atom stereocenters. The number of carboxylic acid groups (broad SMARTS) is 1. The quantitative estimate of drug-likeness (QED) is 0.294. The summed E-state index contributed by atoms with van der Waals surface area (Å²) in [5, 5.41) is 10.3. The van der Waals surface area contributed by atoms with Gasteiger partial charge in [-0.25, -0.2) is 13.2 Å². The number of fused-ring (bicyclic) bond motifs is 1. The second-order valence-electron chi connectivity index (χ2n) is 9.45. The van der Waals surface area contributed by atoms with E-state index in [1.807, 2.05) is 0 Å². The minimum Gasteiger partial charge on any atom is -0.477 e. The third-order valence-electron chi connectivity index (χ3n) is 5.88. The number of Topliss-reactive ketones (excluding diaryl/α,β-unsaturated/α-hetero) is 1. The minimum atomic E-state index is -3.86. The van der Waals surface area contributed by atoms with Crippen LogP contribution < -0.4 is 4.72 Å². The molecular formula is C27H26N2O5S. The average molecular weight is 491 g/mol. The first-order chi connectivity index (χ1) is 16.4. The summed E-state index contributed by atoms with van der Waals surface area (Å²) in [6.45, 7) is 7.62. The van der Waals surface area contributed by atoms with E-state index in [4.69, 9.17) is 0 Å². The molecule has 0 unspecified atom stereocenters. The fraction of sp³-hybridized carbons (Fsp3) is 0.185. The van der Waals surface area contributed by atoms with Crippen molar-refractivity contribution in [2.75, 3.05) is 4.72 Å².